The zero-order valence-electron chi connectivity index (χ0n) is 15.3. The van der Waals surface area contributed by atoms with Crippen LogP contribution < -0.4 is 10.9 Å². The lowest BCUT2D eigenvalue weighted by Crippen LogP contribution is -2.26. The van der Waals surface area contributed by atoms with Gasteiger partial charge in [-0.25, -0.2) is 4.39 Å². The summed E-state index contributed by atoms with van der Waals surface area (Å²) in [4.78, 5) is 25.9. The van der Waals surface area contributed by atoms with Crippen LogP contribution in [0.15, 0.2) is 27.5 Å². The van der Waals surface area contributed by atoms with Crippen molar-refractivity contribution in [1.82, 2.24) is 4.57 Å². The highest BCUT2D eigenvalue weighted by Crippen LogP contribution is 2.36. The van der Waals surface area contributed by atoms with E-state index in [1.807, 2.05) is 0 Å². The summed E-state index contributed by atoms with van der Waals surface area (Å²) < 4.78 is 16.7. The van der Waals surface area contributed by atoms with E-state index in [1.54, 1.807) is 23.6 Å². The van der Waals surface area contributed by atoms with E-state index < -0.39 is 5.82 Å². The fraction of sp³-hybridized carbons (Fsp3) is 0.429. The number of Topliss-reactive ketones (excluding diaryl/α,β-unsaturated/α-hetero) is 1. The molecule has 2 aliphatic rings. The van der Waals surface area contributed by atoms with E-state index in [0.29, 0.717) is 46.6 Å². The summed E-state index contributed by atoms with van der Waals surface area (Å²) in [5, 5.41) is 3.06. The van der Waals surface area contributed by atoms with Gasteiger partial charge in [-0.2, -0.15) is 0 Å². The monoisotopic (exact) mass is 432 g/mol. The number of benzene rings is 1. The minimum atomic E-state index is -0.430. The smallest absolute Gasteiger partial charge is 0.255 e. The van der Waals surface area contributed by atoms with Gasteiger partial charge >= 0.3 is 0 Å². The van der Waals surface area contributed by atoms with Crippen LogP contribution in [0.5, 0.6) is 0 Å². The summed E-state index contributed by atoms with van der Waals surface area (Å²) in [5.74, 6) is 0.284. The molecule has 1 aromatic heterocycles. The molecule has 1 aliphatic heterocycles. The lowest BCUT2D eigenvalue weighted by molar-refractivity contribution is 0.0977. The van der Waals surface area contributed by atoms with Gasteiger partial charge in [0.15, 0.2) is 5.78 Å². The molecule has 0 amide bonds. The number of aromatic nitrogens is 1. The zero-order valence-corrected chi connectivity index (χ0v) is 16.9. The van der Waals surface area contributed by atoms with Crippen molar-refractivity contribution in [2.75, 3.05) is 5.32 Å². The Morgan fingerprint density at radius 2 is 2.15 bits per heavy atom. The Hall–Kier alpha value is -1.95. The van der Waals surface area contributed by atoms with Crippen molar-refractivity contribution in [1.29, 1.82) is 0 Å². The second-order valence-corrected chi connectivity index (χ2v) is 8.45. The summed E-state index contributed by atoms with van der Waals surface area (Å²) in [6, 6.07) is 4.71. The molecule has 0 spiro atoms. The van der Waals surface area contributed by atoms with E-state index in [-0.39, 0.29) is 17.0 Å². The zero-order chi connectivity index (χ0) is 19.1. The van der Waals surface area contributed by atoms with Gasteiger partial charge in [0.25, 0.3) is 5.56 Å². The van der Waals surface area contributed by atoms with Gasteiger partial charge in [-0.15, -0.1) is 0 Å². The first-order valence-electron chi connectivity index (χ1n) is 9.47. The van der Waals surface area contributed by atoms with E-state index in [4.69, 9.17) is 0 Å². The highest BCUT2D eigenvalue weighted by Gasteiger charge is 2.29. The molecule has 0 radical (unpaired) electrons. The number of anilines is 2. The molecule has 0 bridgehead atoms. The van der Waals surface area contributed by atoms with Crippen LogP contribution in [-0.4, -0.2) is 10.4 Å². The van der Waals surface area contributed by atoms with Crippen molar-refractivity contribution < 1.29 is 9.18 Å². The number of hydrogen-bond donors (Lipinski definition) is 1. The van der Waals surface area contributed by atoms with Gasteiger partial charge in [-0.05, 0) is 50.3 Å². The van der Waals surface area contributed by atoms with Crippen LogP contribution in [-0.2, 0) is 13.0 Å². The normalized spacial score (nSPS) is 15.7. The molecular weight excluding hydrogens is 411 g/mol. The lowest BCUT2D eigenvalue weighted by atomic mass is 9.97. The molecule has 1 aromatic carbocycles. The maximum absolute atomic E-state index is 14.4. The third kappa shape index (κ3) is 3.59. The Kier molecular flexibility index (Phi) is 4.93. The number of pyridine rings is 1. The Bertz CT molecular complexity index is 979. The number of nitrogens with one attached hydrogen (secondary N) is 1. The SMILES string of the molecule is Cc1c(Nc2ccc(Br)cc2F)c(C(=O)CCC2CC2)c2n(c1=O)CCC2. The Morgan fingerprint density at radius 1 is 1.37 bits per heavy atom. The van der Waals surface area contributed by atoms with E-state index >= 15 is 0 Å². The van der Waals surface area contributed by atoms with E-state index in [9.17, 15) is 14.0 Å². The molecular formula is C21H22BrFN2O2. The Balaban J connectivity index is 1.79. The molecule has 0 saturated heterocycles. The van der Waals surface area contributed by atoms with Crippen LogP contribution >= 0.6 is 15.9 Å². The van der Waals surface area contributed by atoms with Gasteiger partial charge in [-0.1, -0.05) is 28.8 Å². The number of fused-ring (bicyclic) bond motifs is 1. The number of ketones is 1. The molecule has 27 heavy (non-hydrogen) atoms. The predicted molar refractivity (Wildman–Crippen MR) is 107 cm³/mol. The quantitative estimate of drug-likeness (QED) is 0.644. The van der Waals surface area contributed by atoms with Gasteiger partial charge in [0.2, 0.25) is 0 Å². The molecule has 2 aromatic rings. The molecule has 1 saturated carbocycles. The summed E-state index contributed by atoms with van der Waals surface area (Å²) in [5.41, 5.74) is 2.48. The Labute approximate surface area is 165 Å². The minimum absolute atomic E-state index is 0.0515. The Morgan fingerprint density at radius 3 is 2.85 bits per heavy atom. The fourth-order valence-corrected chi connectivity index (χ4v) is 4.18. The molecule has 6 heteroatoms. The van der Waals surface area contributed by atoms with Gasteiger partial charge in [0, 0.05) is 28.7 Å². The standard InChI is InChI=1S/C21H22BrFN2O2/c1-12-20(24-16-8-7-14(22)11-15(16)23)19(18(26)9-6-13-4-5-13)17-3-2-10-25(17)21(12)27/h7-8,11,13,24H,2-6,9-10H2,1H3. The first kappa shape index (κ1) is 18.4. The molecule has 1 fully saturated rings. The average Bonchev–Trinajstić information content (AvgIpc) is 3.34. The maximum atomic E-state index is 14.4. The van der Waals surface area contributed by atoms with Crippen molar-refractivity contribution in [2.45, 2.75) is 52.0 Å². The van der Waals surface area contributed by atoms with Crippen LogP contribution in [0.25, 0.3) is 0 Å². The van der Waals surface area contributed by atoms with Crippen LogP contribution in [0.2, 0.25) is 0 Å². The predicted octanol–water partition coefficient (Wildman–Crippen LogP) is 5.12. The minimum Gasteiger partial charge on any atom is -0.352 e. The molecule has 4 rings (SSSR count). The van der Waals surface area contributed by atoms with Crippen LogP contribution in [0.3, 0.4) is 0 Å². The third-order valence-electron chi connectivity index (χ3n) is 5.55. The van der Waals surface area contributed by atoms with Crippen molar-refractivity contribution in [3.63, 3.8) is 0 Å². The topological polar surface area (TPSA) is 51.1 Å². The van der Waals surface area contributed by atoms with Crippen LogP contribution in [0.4, 0.5) is 15.8 Å². The molecule has 1 N–H and O–H groups in total. The van der Waals surface area contributed by atoms with Gasteiger partial charge in [-0.3, -0.25) is 9.59 Å². The second kappa shape index (κ2) is 7.23. The number of rotatable bonds is 6. The lowest BCUT2D eigenvalue weighted by Gasteiger charge is -2.19. The van der Waals surface area contributed by atoms with Crippen LogP contribution in [0, 0.1) is 18.7 Å². The van der Waals surface area contributed by atoms with Gasteiger partial charge < -0.3 is 9.88 Å². The van der Waals surface area contributed by atoms with Crippen molar-refractivity contribution in [2.24, 2.45) is 5.92 Å². The van der Waals surface area contributed by atoms with Crippen molar-refractivity contribution in [3.8, 4) is 0 Å². The second-order valence-electron chi connectivity index (χ2n) is 7.54. The average molecular weight is 433 g/mol. The van der Waals surface area contributed by atoms with Crippen molar-refractivity contribution >= 4 is 33.1 Å². The molecule has 142 valence electrons. The summed E-state index contributed by atoms with van der Waals surface area (Å²) in [6.45, 7) is 2.36. The first-order chi connectivity index (χ1) is 13.0. The van der Waals surface area contributed by atoms with Crippen LogP contribution in [0.1, 0.15) is 53.7 Å². The van der Waals surface area contributed by atoms with Gasteiger partial charge in [0.05, 0.1) is 16.9 Å². The fourth-order valence-electron chi connectivity index (χ4n) is 3.85. The van der Waals surface area contributed by atoms with E-state index in [1.165, 1.54) is 18.9 Å². The number of hydrogen-bond acceptors (Lipinski definition) is 3. The summed E-state index contributed by atoms with van der Waals surface area (Å²) in [6.07, 6.45) is 5.34. The molecule has 0 atom stereocenters. The van der Waals surface area contributed by atoms with Crippen molar-refractivity contribution in [3.05, 3.63) is 55.7 Å². The van der Waals surface area contributed by atoms with E-state index in [0.717, 1.165) is 18.5 Å². The number of carbonyl (C=O) groups excluding carboxylic acids is 1. The highest BCUT2D eigenvalue weighted by molar-refractivity contribution is 9.10. The largest absolute Gasteiger partial charge is 0.352 e. The third-order valence-corrected chi connectivity index (χ3v) is 6.04. The highest BCUT2D eigenvalue weighted by atomic mass is 79.9. The maximum Gasteiger partial charge on any atom is 0.255 e. The number of nitrogens with zero attached hydrogens (tertiary/aromatic N) is 1. The number of halogens is 2. The number of carbonyl (C=O) groups is 1. The molecule has 1 aliphatic carbocycles. The summed E-state index contributed by atoms with van der Waals surface area (Å²) >= 11 is 3.25. The first-order valence-corrected chi connectivity index (χ1v) is 10.3. The van der Waals surface area contributed by atoms with E-state index in [2.05, 4.69) is 21.2 Å². The molecule has 2 heterocycles. The molecule has 0 unspecified atom stereocenters. The summed E-state index contributed by atoms with van der Waals surface area (Å²) in [7, 11) is 0. The molecule has 4 nitrogen and oxygen atoms in total. The van der Waals surface area contributed by atoms with Gasteiger partial charge in [0.1, 0.15) is 5.82 Å².